The topological polar surface area (TPSA) is 57.6 Å². The van der Waals surface area contributed by atoms with Gasteiger partial charge in [0.25, 0.3) is 0 Å². The Labute approximate surface area is 104 Å². The molecule has 1 N–H and O–H groups in total. The number of aliphatic carboxylic acids is 1. The Morgan fingerprint density at radius 3 is 2.88 bits per heavy atom. The Balaban J connectivity index is 1.99. The molecule has 0 aromatic carbocycles. The summed E-state index contributed by atoms with van der Waals surface area (Å²) in [5.74, 6) is -1.19. The molecular formula is C12H15NO3S. The fraction of sp³-hybridized carbons (Fsp3) is 0.500. The SMILES string of the molecule is CC1C(C(=O)O)CCN1C(=O)Cc1cccs1. The fourth-order valence-electron chi connectivity index (χ4n) is 2.29. The van der Waals surface area contributed by atoms with Crippen molar-refractivity contribution in [2.45, 2.75) is 25.8 Å². The third kappa shape index (κ3) is 2.49. The molecule has 1 saturated heterocycles. The first-order valence-electron chi connectivity index (χ1n) is 5.64. The van der Waals surface area contributed by atoms with E-state index in [4.69, 9.17) is 5.11 Å². The van der Waals surface area contributed by atoms with Gasteiger partial charge in [0.15, 0.2) is 0 Å². The lowest BCUT2D eigenvalue weighted by Gasteiger charge is -2.23. The van der Waals surface area contributed by atoms with Gasteiger partial charge in [0.2, 0.25) is 5.91 Å². The summed E-state index contributed by atoms with van der Waals surface area (Å²) < 4.78 is 0. The summed E-state index contributed by atoms with van der Waals surface area (Å²) in [6, 6.07) is 3.65. The van der Waals surface area contributed by atoms with E-state index in [1.807, 2.05) is 24.4 Å². The standard InChI is InChI=1S/C12H15NO3S/c1-8-10(12(15)16)4-5-13(8)11(14)7-9-3-2-6-17-9/h2-3,6,8,10H,4-5,7H2,1H3,(H,15,16). The average molecular weight is 253 g/mol. The van der Waals surface area contributed by atoms with Crippen LogP contribution in [-0.4, -0.2) is 34.5 Å². The Kier molecular flexibility index (Phi) is 3.47. The molecule has 1 aromatic heterocycles. The Morgan fingerprint density at radius 2 is 2.35 bits per heavy atom. The number of hydrogen-bond donors (Lipinski definition) is 1. The van der Waals surface area contributed by atoms with Crippen molar-refractivity contribution in [1.29, 1.82) is 0 Å². The molecule has 2 heterocycles. The van der Waals surface area contributed by atoms with Crippen molar-refractivity contribution in [1.82, 2.24) is 4.90 Å². The van der Waals surface area contributed by atoms with Gasteiger partial charge in [-0.05, 0) is 24.8 Å². The predicted octanol–water partition coefficient (Wildman–Crippen LogP) is 1.61. The maximum atomic E-state index is 12.0. The normalized spacial score (nSPS) is 23.9. The van der Waals surface area contributed by atoms with E-state index in [9.17, 15) is 9.59 Å². The maximum absolute atomic E-state index is 12.0. The molecule has 1 amide bonds. The van der Waals surface area contributed by atoms with E-state index in [2.05, 4.69) is 0 Å². The van der Waals surface area contributed by atoms with E-state index in [1.54, 1.807) is 16.2 Å². The molecule has 1 fully saturated rings. The lowest BCUT2D eigenvalue weighted by molar-refractivity contribution is -0.143. The van der Waals surface area contributed by atoms with Crippen LogP contribution in [0.2, 0.25) is 0 Å². The summed E-state index contributed by atoms with van der Waals surface area (Å²) in [6.45, 7) is 2.38. The quantitative estimate of drug-likeness (QED) is 0.890. The van der Waals surface area contributed by atoms with Crippen molar-refractivity contribution in [3.05, 3.63) is 22.4 Å². The molecule has 2 rings (SSSR count). The molecule has 1 aliphatic heterocycles. The van der Waals surface area contributed by atoms with Crippen LogP contribution in [-0.2, 0) is 16.0 Å². The van der Waals surface area contributed by atoms with Crippen molar-refractivity contribution in [3.8, 4) is 0 Å². The van der Waals surface area contributed by atoms with Crippen molar-refractivity contribution < 1.29 is 14.7 Å². The molecule has 92 valence electrons. The van der Waals surface area contributed by atoms with Gasteiger partial charge in [-0.25, -0.2) is 0 Å². The van der Waals surface area contributed by atoms with Crippen LogP contribution in [0.3, 0.4) is 0 Å². The molecular weight excluding hydrogens is 238 g/mol. The van der Waals surface area contributed by atoms with Crippen LogP contribution in [0, 0.1) is 5.92 Å². The number of amides is 1. The van der Waals surface area contributed by atoms with E-state index in [1.165, 1.54) is 0 Å². The summed E-state index contributed by atoms with van der Waals surface area (Å²) in [4.78, 5) is 25.7. The third-order valence-electron chi connectivity index (χ3n) is 3.30. The van der Waals surface area contributed by atoms with Gasteiger partial charge in [-0.3, -0.25) is 9.59 Å². The highest BCUT2D eigenvalue weighted by atomic mass is 32.1. The van der Waals surface area contributed by atoms with Crippen molar-refractivity contribution in [2.75, 3.05) is 6.54 Å². The van der Waals surface area contributed by atoms with Gasteiger partial charge < -0.3 is 10.0 Å². The molecule has 2 unspecified atom stereocenters. The summed E-state index contributed by atoms with van der Waals surface area (Å²) in [7, 11) is 0. The van der Waals surface area contributed by atoms with Crippen LogP contribution >= 0.6 is 11.3 Å². The van der Waals surface area contributed by atoms with Gasteiger partial charge >= 0.3 is 5.97 Å². The smallest absolute Gasteiger partial charge is 0.308 e. The summed E-state index contributed by atoms with van der Waals surface area (Å²) in [5.41, 5.74) is 0. The van der Waals surface area contributed by atoms with Gasteiger partial charge in [-0.1, -0.05) is 6.07 Å². The van der Waals surface area contributed by atoms with Crippen molar-refractivity contribution >= 4 is 23.2 Å². The highest BCUT2D eigenvalue weighted by Crippen LogP contribution is 2.25. The third-order valence-corrected chi connectivity index (χ3v) is 4.17. The summed E-state index contributed by atoms with van der Waals surface area (Å²) in [6.07, 6.45) is 0.945. The first kappa shape index (κ1) is 12.1. The molecule has 0 spiro atoms. The first-order valence-corrected chi connectivity index (χ1v) is 6.52. The number of carbonyl (C=O) groups is 2. The lowest BCUT2D eigenvalue weighted by Crippen LogP contribution is -2.38. The van der Waals surface area contributed by atoms with Gasteiger partial charge in [-0.2, -0.15) is 0 Å². The lowest BCUT2D eigenvalue weighted by atomic mass is 10.0. The number of carboxylic acids is 1. The number of nitrogens with zero attached hydrogens (tertiary/aromatic N) is 1. The van der Waals surface area contributed by atoms with Crippen LogP contribution in [0.4, 0.5) is 0 Å². The molecule has 0 bridgehead atoms. The minimum Gasteiger partial charge on any atom is -0.481 e. The van der Waals surface area contributed by atoms with E-state index < -0.39 is 11.9 Å². The van der Waals surface area contributed by atoms with Crippen LogP contribution < -0.4 is 0 Å². The van der Waals surface area contributed by atoms with Gasteiger partial charge in [0.05, 0.1) is 12.3 Å². The van der Waals surface area contributed by atoms with E-state index >= 15 is 0 Å². The monoisotopic (exact) mass is 253 g/mol. The molecule has 0 saturated carbocycles. The Bertz CT molecular complexity index is 415. The number of thiophene rings is 1. The molecule has 1 aliphatic rings. The van der Waals surface area contributed by atoms with Crippen molar-refractivity contribution in [2.24, 2.45) is 5.92 Å². The first-order chi connectivity index (χ1) is 8.09. The second-order valence-corrected chi connectivity index (χ2v) is 5.35. The number of rotatable bonds is 3. The number of hydrogen-bond acceptors (Lipinski definition) is 3. The number of carbonyl (C=O) groups excluding carboxylic acids is 1. The van der Waals surface area contributed by atoms with Crippen LogP contribution in [0.25, 0.3) is 0 Å². The maximum Gasteiger partial charge on any atom is 0.308 e. The Morgan fingerprint density at radius 1 is 1.59 bits per heavy atom. The molecule has 5 heteroatoms. The molecule has 2 atom stereocenters. The van der Waals surface area contributed by atoms with Crippen LogP contribution in [0.1, 0.15) is 18.2 Å². The van der Waals surface area contributed by atoms with Gasteiger partial charge in [0.1, 0.15) is 0 Å². The zero-order chi connectivity index (χ0) is 12.4. The van der Waals surface area contributed by atoms with E-state index in [-0.39, 0.29) is 11.9 Å². The summed E-state index contributed by atoms with van der Waals surface area (Å²) in [5, 5.41) is 10.9. The fourth-order valence-corrected chi connectivity index (χ4v) is 2.98. The second-order valence-electron chi connectivity index (χ2n) is 4.32. The predicted molar refractivity (Wildman–Crippen MR) is 64.9 cm³/mol. The van der Waals surface area contributed by atoms with Gasteiger partial charge in [-0.15, -0.1) is 11.3 Å². The highest BCUT2D eigenvalue weighted by Gasteiger charge is 2.37. The minimum atomic E-state index is -0.802. The number of likely N-dealkylation sites (tertiary alicyclic amines) is 1. The molecule has 0 aliphatic carbocycles. The molecule has 1 aromatic rings. The molecule has 0 radical (unpaired) electrons. The minimum absolute atomic E-state index is 0.0312. The van der Waals surface area contributed by atoms with Crippen LogP contribution in [0.15, 0.2) is 17.5 Å². The zero-order valence-corrected chi connectivity index (χ0v) is 10.4. The molecule has 4 nitrogen and oxygen atoms in total. The van der Waals surface area contributed by atoms with E-state index in [0.29, 0.717) is 19.4 Å². The largest absolute Gasteiger partial charge is 0.481 e. The van der Waals surface area contributed by atoms with Gasteiger partial charge in [0, 0.05) is 17.5 Å². The molecule has 17 heavy (non-hydrogen) atoms. The number of carboxylic acid groups (broad SMARTS) is 1. The van der Waals surface area contributed by atoms with Crippen molar-refractivity contribution in [3.63, 3.8) is 0 Å². The zero-order valence-electron chi connectivity index (χ0n) is 9.63. The highest BCUT2D eigenvalue weighted by molar-refractivity contribution is 7.10. The summed E-state index contributed by atoms with van der Waals surface area (Å²) >= 11 is 1.55. The van der Waals surface area contributed by atoms with Crippen LogP contribution in [0.5, 0.6) is 0 Å². The average Bonchev–Trinajstić information content (AvgIpc) is 2.86. The second kappa shape index (κ2) is 4.87. The Hall–Kier alpha value is -1.36. The van der Waals surface area contributed by atoms with E-state index in [0.717, 1.165) is 4.88 Å².